The molecule has 58 heavy (non-hydrogen) atoms. The molecular formula is C52H38N3O2Pt-. The number of aromatic nitrogens is 3. The van der Waals surface area contributed by atoms with Gasteiger partial charge in [-0.15, -0.1) is 12.1 Å². The minimum Gasteiger partial charge on any atom is -0.507 e. The molecular weight excluding hydrogens is 894 g/mol. The number of phenols is 1. The van der Waals surface area contributed by atoms with Crippen molar-refractivity contribution in [2.75, 3.05) is 0 Å². The van der Waals surface area contributed by atoms with Crippen molar-refractivity contribution in [2.45, 2.75) is 26.2 Å². The van der Waals surface area contributed by atoms with Crippen molar-refractivity contribution < 1.29 is 30.6 Å². The summed E-state index contributed by atoms with van der Waals surface area (Å²) in [6.45, 7) is 6.59. The molecule has 10 rings (SSSR count). The number of imidazole rings is 1. The maximum absolute atomic E-state index is 11.0. The van der Waals surface area contributed by atoms with Crippen LogP contribution in [0.2, 0.25) is 0 Å². The van der Waals surface area contributed by atoms with Gasteiger partial charge in [0.25, 0.3) is 0 Å². The summed E-state index contributed by atoms with van der Waals surface area (Å²) >= 11 is 0. The Balaban J connectivity index is 0.00000436. The van der Waals surface area contributed by atoms with Gasteiger partial charge in [0.1, 0.15) is 11.3 Å². The van der Waals surface area contributed by atoms with Gasteiger partial charge in [0, 0.05) is 49.0 Å². The van der Waals surface area contributed by atoms with E-state index in [0.717, 1.165) is 89.1 Å². The van der Waals surface area contributed by atoms with Gasteiger partial charge in [-0.1, -0.05) is 159 Å². The molecule has 5 nitrogen and oxygen atoms in total. The minimum absolute atomic E-state index is 0. The third-order valence-electron chi connectivity index (χ3n) is 10.8. The number of benzene rings is 7. The monoisotopic (exact) mass is 931 g/mol. The molecule has 6 heteroatoms. The largest absolute Gasteiger partial charge is 0.507 e. The van der Waals surface area contributed by atoms with E-state index in [1.54, 1.807) is 6.07 Å². The maximum atomic E-state index is 11.0. The number of aromatic hydroxyl groups is 1. The van der Waals surface area contributed by atoms with Gasteiger partial charge in [-0.3, -0.25) is 4.98 Å². The number of rotatable bonds is 6. The topological polar surface area (TPSA) is 64.1 Å². The molecule has 1 N–H and O–H groups in total. The Hall–Kier alpha value is -6.55. The molecule has 0 aliphatic heterocycles. The molecule has 0 saturated heterocycles. The molecule has 0 aliphatic rings. The van der Waals surface area contributed by atoms with Gasteiger partial charge in [0.05, 0.1) is 33.8 Å². The zero-order valence-electron chi connectivity index (χ0n) is 32.2. The molecule has 0 atom stereocenters. The van der Waals surface area contributed by atoms with Crippen LogP contribution >= 0.6 is 0 Å². The number of hydrogen-bond acceptors (Lipinski definition) is 4. The molecule has 0 saturated carbocycles. The second-order valence-corrected chi connectivity index (χ2v) is 15.5. The first-order valence-corrected chi connectivity index (χ1v) is 19.2. The first-order chi connectivity index (χ1) is 27.8. The van der Waals surface area contributed by atoms with Crippen molar-refractivity contribution in [3.05, 3.63) is 181 Å². The minimum atomic E-state index is -0.185. The summed E-state index contributed by atoms with van der Waals surface area (Å²) in [5.41, 5.74) is 13.5. The van der Waals surface area contributed by atoms with Gasteiger partial charge in [-0.05, 0) is 63.9 Å². The zero-order chi connectivity index (χ0) is 38.7. The number of pyridine rings is 1. The van der Waals surface area contributed by atoms with Gasteiger partial charge in [-0.2, -0.15) is 0 Å². The number of para-hydroxylation sites is 4. The van der Waals surface area contributed by atoms with Gasteiger partial charge in [0.2, 0.25) is 0 Å². The number of nitrogens with zero attached hydrogens (tertiary/aromatic N) is 3. The molecule has 0 fully saturated rings. The molecule has 0 amide bonds. The maximum Gasteiger partial charge on any atom is 0.131 e. The summed E-state index contributed by atoms with van der Waals surface area (Å²) in [6.07, 6.45) is 0. The van der Waals surface area contributed by atoms with Gasteiger partial charge >= 0.3 is 0 Å². The molecule has 10 aromatic rings. The fraction of sp³-hybridized carbons (Fsp3) is 0.0769. The third-order valence-corrected chi connectivity index (χ3v) is 10.8. The van der Waals surface area contributed by atoms with Crippen molar-refractivity contribution in [3.63, 3.8) is 0 Å². The predicted octanol–water partition coefficient (Wildman–Crippen LogP) is 13.5. The summed E-state index contributed by atoms with van der Waals surface area (Å²) in [5.74, 6) is 0.933. The van der Waals surface area contributed by atoms with Crippen LogP contribution < -0.4 is 0 Å². The Kier molecular flexibility index (Phi) is 9.42. The van der Waals surface area contributed by atoms with Crippen LogP contribution in [-0.4, -0.2) is 19.6 Å². The Morgan fingerprint density at radius 2 is 1.21 bits per heavy atom. The predicted molar refractivity (Wildman–Crippen MR) is 233 cm³/mol. The van der Waals surface area contributed by atoms with Crippen LogP contribution in [0.5, 0.6) is 5.75 Å². The van der Waals surface area contributed by atoms with Crippen molar-refractivity contribution in [1.82, 2.24) is 14.5 Å². The van der Waals surface area contributed by atoms with Crippen LogP contribution in [0.15, 0.2) is 174 Å². The van der Waals surface area contributed by atoms with Crippen molar-refractivity contribution in [1.29, 1.82) is 0 Å². The Bertz CT molecular complexity index is 3120. The molecule has 3 aromatic heterocycles. The smallest absolute Gasteiger partial charge is 0.131 e. The first kappa shape index (κ1) is 37.0. The van der Waals surface area contributed by atoms with Crippen LogP contribution in [0.1, 0.15) is 26.3 Å². The van der Waals surface area contributed by atoms with Crippen molar-refractivity contribution in [2.24, 2.45) is 0 Å². The molecule has 3 heterocycles. The molecule has 0 unspecified atom stereocenters. The summed E-state index contributed by atoms with van der Waals surface area (Å²) in [6, 6.07) is 61.2. The van der Waals surface area contributed by atoms with Crippen LogP contribution in [0.4, 0.5) is 0 Å². The van der Waals surface area contributed by atoms with Gasteiger partial charge in [-0.25, -0.2) is 4.98 Å². The number of fused-ring (bicyclic) bond motifs is 4. The molecule has 0 bridgehead atoms. The quantitative estimate of drug-likeness (QED) is 0.169. The third kappa shape index (κ3) is 6.33. The summed E-state index contributed by atoms with van der Waals surface area (Å²) in [7, 11) is 0. The SMILES string of the molecule is CC(C)(C)c1cc(-c2ccccc2O)nc(-c2cccc3c2nc(-c2[c-]ccc4oc5c(-c6ccccc6)cccc5c24)n3-c2ccccc2-c2ccccc2)c1.[Pt]. The summed E-state index contributed by atoms with van der Waals surface area (Å²) in [4.78, 5) is 10.8. The van der Waals surface area contributed by atoms with E-state index in [1.807, 2.05) is 42.5 Å². The van der Waals surface area contributed by atoms with Crippen LogP contribution in [0.3, 0.4) is 0 Å². The van der Waals surface area contributed by atoms with E-state index in [4.69, 9.17) is 14.4 Å². The zero-order valence-corrected chi connectivity index (χ0v) is 34.5. The Morgan fingerprint density at radius 1 is 0.603 bits per heavy atom. The van der Waals surface area contributed by atoms with E-state index < -0.39 is 0 Å². The van der Waals surface area contributed by atoms with E-state index in [9.17, 15) is 5.11 Å². The summed E-state index contributed by atoms with van der Waals surface area (Å²) in [5, 5.41) is 12.9. The van der Waals surface area contributed by atoms with E-state index in [2.05, 4.69) is 153 Å². The number of furan rings is 1. The Morgan fingerprint density at radius 3 is 1.93 bits per heavy atom. The van der Waals surface area contributed by atoms with Crippen LogP contribution in [-0.2, 0) is 26.5 Å². The second-order valence-electron chi connectivity index (χ2n) is 15.5. The van der Waals surface area contributed by atoms with E-state index in [0.29, 0.717) is 11.3 Å². The van der Waals surface area contributed by atoms with Gasteiger partial charge < -0.3 is 14.1 Å². The van der Waals surface area contributed by atoms with E-state index >= 15 is 0 Å². The van der Waals surface area contributed by atoms with Crippen molar-refractivity contribution in [3.8, 4) is 67.6 Å². The molecule has 7 aromatic carbocycles. The number of phenolic OH excluding ortho intramolecular Hbond substituents is 1. The molecule has 0 aliphatic carbocycles. The fourth-order valence-corrected chi connectivity index (χ4v) is 7.98. The Labute approximate surface area is 351 Å². The average molecular weight is 932 g/mol. The summed E-state index contributed by atoms with van der Waals surface area (Å²) < 4.78 is 9.00. The van der Waals surface area contributed by atoms with E-state index in [1.165, 1.54) is 0 Å². The normalized spacial score (nSPS) is 11.6. The standard InChI is InChI=1S/C52H38N3O2.Pt/c1-52(2,3)35-31-42(38-22-11-13-29-46(38)56)53-43(32-35)39-24-15-28-45-49(39)54-51(55(45)44-27-12-10-21-36(44)33-17-6-4-7-18-33)41-26-16-30-47-48(41)40-25-14-23-37(50(40)57-47)34-19-8-5-9-20-34;/h4-25,27-32,56H,1-3H3;/q-1;. The fourth-order valence-electron chi connectivity index (χ4n) is 7.98. The van der Waals surface area contributed by atoms with Crippen LogP contribution in [0, 0.1) is 6.07 Å². The van der Waals surface area contributed by atoms with Crippen molar-refractivity contribution >= 4 is 33.0 Å². The van der Waals surface area contributed by atoms with E-state index in [-0.39, 0.29) is 32.2 Å². The van der Waals surface area contributed by atoms with Gasteiger partial charge in [0.15, 0.2) is 0 Å². The first-order valence-electron chi connectivity index (χ1n) is 19.2. The molecule has 0 radical (unpaired) electrons. The molecule has 284 valence electrons. The molecule has 0 spiro atoms. The van der Waals surface area contributed by atoms with Crippen LogP contribution in [0.25, 0.3) is 94.8 Å². The number of hydrogen-bond donors (Lipinski definition) is 1. The average Bonchev–Trinajstić information content (AvgIpc) is 3.83. The second kappa shape index (κ2) is 14.8.